The van der Waals surface area contributed by atoms with E-state index in [0.29, 0.717) is 15.8 Å². The number of H-pyrrole nitrogens is 1. The number of imidazole rings is 1. The minimum atomic E-state index is -0.299. The summed E-state index contributed by atoms with van der Waals surface area (Å²) in [7, 11) is 0. The van der Waals surface area contributed by atoms with Crippen molar-refractivity contribution in [2.75, 3.05) is 5.32 Å². The minimum absolute atomic E-state index is 0.0734. The van der Waals surface area contributed by atoms with Crippen molar-refractivity contribution in [3.05, 3.63) is 47.1 Å². The number of aryl methyl sites for hydroxylation is 1. The van der Waals surface area contributed by atoms with E-state index >= 15 is 0 Å². The monoisotopic (exact) mass is 360 g/mol. The zero-order chi connectivity index (χ0) is 17.1. The molecule has 0 unspecified atom stereocenters. The Morgan fingerprint density at radius 1 is 1.38 bits per heavy atom. The number of carbonyl (C=O) groups is 1. The van der Waals surface area contributed by atoms with Crippen LogP contribution < -0.4 is 5.32 Å². The number of aromatic nitrogens is 3. The van der Waals surface area contributed by atoms with E-state index in [1.54, 1.807) is 12.3 Å². The first-order valence-electron chi connectivity index (χ1n) is 7.63. The third-order valence-electron chi connectivity index (χ3n) is 3.57. The maximum absolute atomic E-state index is 12.3. The number of hydrogen-bond donors (Lipinski definition) is 2. The molecular weight excluding hydrogens is 344 g/mol. The average molecular weight is 361 g/mol. The Hall–Kier alpha value is -2.05. The Labute approximate surface area is 149 Å². The fraction of sp³-hybridized carbons (Fsp3) is 0.235. The molecule has 2 heterocycles. The molecule has 0 saturated heterocycles. The number of rotatable bonds is 5. The second-order valence-corrected chi connectivity index (χ2v) is 7.13. The molecule has 0 aliphatic heterocycles. The maximum atomic E-state index is 12.3. The van der Waals surface area contributed by atoms with Crippen LogP contribution in [0.2, 0.25) is 5.02 Å². The van der Waals surface area contributed by atoms with Crippen molar-refractivity contribution in [3.63, 3.8) is 0 Å². The van der Waals surface area contributed by atoms with Gasteiger partial charge in [0.2, 0.25) is 5.91 Å². The minimum Gasteiger partial charge on any atom is -0.331 e. The molecule has 0 saturated carbocycles. The summed E-state index contributed by atoms with van der Waals surface area (Å²) in [6.45, 7) is 3.94. The first-order valence-corrected chi connectivity index (χ1v) is 8.88. The van der Waals surface area contributed by atoms with Gasteiger partial charge < -0.3 is 10.3 Å². The van der Waals surface area contributed by atoms with Gasteiger partial charge in [-0.1, -0.05) is 42.4 Å². The fourth-order valence-corrected chi connectivity index (χ4v) is 3.16. The van der Waals surface area contributed by atoms with Gasteiger partial charge in [0.05, 0.1) is 15.8 Å². The molecule has 3 rings (SSSR count). The summed E-state index contributed by atoms with van der Waals surface area (Å²) >= 11 is 7.26. The van der Waals surface area contributed by atoms with E-state index in [0.717, 1.165) is 17.6 Å². The van der Waals surface area contributed by atoms with Gasteiger partial charge in [-0.25, -0.2) is 9.97 Å². The van der Waals surface area contributed by atoms with Crippen LogP contribution in [0.4, 0.5) is 5.69 Å². The Kier molecular flexibility index (Phi) is 5.06. The Balaban J connectivity index is 1.65. The fourth-order valence-electron chi connectivity index (χ4n) is 2.20. The molecular formula is C17H17ClN4OS. The highest BCUT2D eigenvalue weighted by Gasteiger charge is 2.17. The molecule has 1 atom stereocenters. The summed E-state index contributed by atoms with van der Waals surface area (Å²) in [4.78, 5) is 24.0. The summed E-state index contributed by atoms with van der Waals surface area (Å²) in [5.41, 5.74) is 3.38. The Bertz CT molecular complexity index is 863. The molecule has 0 aliphatic carbocycles. The topological polar surface area (TPSA) is 70.7 Å². The number of hydrogen-bond acceptors (Lipinski definition) is 4. The maximum Gasteiger partial charge on any atom is 0.237 e. The number of halogens is 1. The van der Waals surface area contributed by atoms with Crippen LogP contribution in [0.25, 0.3) is 11.2 Å². The lowest BCUT2D eigenvalue weighted by Crippen LogP contribution is -2.22. The molecule has 0 fully saturated rings. The van der Waals surface area contributed by atoms with Gasteiger partial charge in [0.15, 0.2) is 10.8 Å². The molecule has 124 valence electrons. The number of thioether (sulfide) groups is 1. The van der Waals surface area contributed by atoms with Crippen LogP contribution >= 0.6 is 23.4 Å². The van der Waals surface area contributed by atoms with Gasteiger partial charge in [-0.2, -0.15) is 0 Å². The van der Waals surface area contributed by atoms with Crippen molar-refractivity contribution in [2.45, 2.75) is 30.7 Å². The molecule has 7 heteroatoms. The Morgan fingerprint density at radius 2 is 2.12 bits per heavy atom. The van der Waals surface area contributed by atoms with Crippen molar-refractivity contribution in [3.8, 4) is 0 Å². The van der Waals surface area contributed by atoms with E-state index in [9.17, 15) is 4.79 Å². The smallest absolute Gasteiger partial charge is 0.237 e. The predicted octanol–water partition coefficient (Wildman–Crippen LogP) is 4.29. The lowest BCUT2D eigenvalue weighted by atomic mass is 10.1. The second-order valence-electron chi connectivity index (χ2n) is 5.37. The normalized spacial score (nSPS) is 12.3. The molecule has 0 spiro atoms. The van der Waals surface area contributed by atoms with Gasteiger partial charge in [-0.15, -0.1) is 0 Å². The highest BCUT2D eigenvalue weighted by atomic mass is 35.5. The van der Waals surface area contributed by atoms with Crippen LogP contribution in [0.15, 0.2) is 41.7 Å². The average Bonchev–Trinajstić information content (AvgIpc) is 2.96. The molecule has 3 aromatic rings. The highest BCUT2D eigenvalue weighted by molar-refractivity contribution is 8.00. The molecule has 1 aromatic carbocycles. The zero-order valence-corrected chi connectivity index (χ0v) is 14.9. The number of nitrogens with one attached hydrogen (secondary N) is 2. The van der Waals surface area contributed by atoms with E-state index < -0.39 is 0 Å². The van der Waals surface area contributed by atoms with Gasteiger partial charge in [-0.3, -0.25) is 4.79 Å². The molecule has 0 radical (unpaired) electrons. The molecule has 1 amide bonds. The quantitative estimate of drug-likeness (QED) is 0.666. The number of anilines is 1. The molecule has 5 nitrogen and oxygen atoms in total. The number of nitrogens with zero attached hydrogens (tertiary/aromatic N) is 2. The number of benzene rings is 1. The lowest BCUT2D eigenvalue weighted by molar-refractivity contribution is -0.115. The van der Waals surface area contributed by atoms with E-state index in [1.807, 2.05) is 31.2 Å². The van der Waals surface area contributed by atoms with Gasteiger partial charge in [-0.05, 0) is 37.1 Å². The van der Waals surface area contributed by atoms with E-state index in [2.05, 4.69) is 27.2 Å². The first kappa shape index (κ1) is 16.8. The molecule has 0 aliphatic rings. The molecule has 2 N–H and O–H groups in total. The zero-order valence-electron chi connectivity index (χ0n) is 13.3. The second kappa shape index (κ2) is 7.23. The van der Waals surface area contributed by atoms with E-state index in [1.165, 1.54) is 17.3 Å². The first-order chi connectivity index (χ1) is 11.5. The van der Waals surface area contributed by atoms with E-state index in [-0.39, 0.29) is 11.2 Å². The third kappa shape index (κ3) is 3.88. The number of carbonyl (C=O) groups excluding carboxylic acids is 1. The molecule has 24 heavy (non-hydrogen) atoms. The standard InChI is InChI=1S/C17H17ClN4OS/c1-3-11-4-6-13(7-5-11)20-16(23)10(2)24-17-21-14-8-12(18)9-19-15(14)22-17/h4-10H,3H2,1-2H3,(H,20,23)(H,19,21,22)/t10-/m1/s1. The number of fused-ring (bicyclic) bond motifs is 1. The van der Waals surface area contributed by atoms with Crippen molar-refractivity contribution in [2.24, 2.45) is 0 Å². The van der Waals surface area contributed by atoms with Crippen LogP contribution in [-0.2, 0) is 11.2 Å². The Morgan fingerprint density at radius 3 is 2.83 bits per heavy atom. The third-order valence-corrected chi connectivity index (χ3v) is 4.76. The van der Waals surface area contributed by atoms with Crippen molar-refractivity contribution < 1.29 is 4.79 Å². The van der Waals surface area contributed by atoms with Crippen LogP contribution in [0.3, 0.4) is 0 Å². The summed E-state index contributed by atoms with van der Waals surface area (Å²) in [5, 5.41) is 3.81. The largest absolute Gasteiger partial charge is 0.331 e. The number of pyridine rings is 1. The van der Waals surface area contributed by atoms with Crippen LogP contribution in [-0.4, -0.2) is 26.1 Å². The SMILES string of the molecule is CCc1ccc(NC(=O)[C@@H](C)Sc2nc3ncc(Cl)cc3[nH]2)cc1. The van der Waals surface area contributed by atoms with E-state index in [4.69, 9.17) is 11.6 Å². The summed E-state index contributed by atoms with van der Waals surface area (Å²) in [6, 6.07) is 9.63. The van der Waals surface area contributed by atoms with Gasteiger partial charge in [0.1, 0.15) is 0 Å². The van der Waals surface area contributed by atoms with Gasteiger partial charge in [0.25, 0.3) is 0 Å². The van der Waals surface area contributed by atoms with Crippen LogP contribution in [0.1, 0.15) is 19.4 Å². The van der Waals surface area contributed by atoms with Crippen molar-refractivity contribution >= 4 is 46.1 Å². The predicted molar refractivity (Wildman–Crippen MR) is 98.7 cm³/mol. The van der Waals surface area contributed by atoms with Crippen LogP contribution in [0, 0.1) is 0 Å². The molecule has 0 bridgehead atoms. The van der Waals surface area contributed by atoms with Crippen LogP contribution in [0.5, 0.6) is 0 Å². The van der Waals surface area contributed by atoms with Crippen molar-refractivity contribution in [1.82, 2.24) is 15.0 Å². The number of aromatic amines is 1. The van der Waals surface area contributed by atoms with Gasteiger partial charge in [0, 0.05) is 11.9 Å². The highest BCUT2D eigenvalue weighted by Crippen LogP contribution is 2.24. The molecule has 2 aromatic heterocycles. The van der Waals surface area contributed by atoms with Gasteiger partial charge >= 0.3 is 0 Å². The van der Waals surface area contributed by atoms with Crippen molar-refractivity contribution in [1.29, 1.82) is 0 Å². The summed E-state index contributed by atoms with van der Waals surface area (Å²) in [5.74, 6) is -0.0734. The lowest BCUT2D eigenvalue weighted by Gasteiger charge is -2.10. The summed E-state index contributed by atoms with van der Waals surface area (Å²) in [6.07, 6.45) is 2.53. The summed E-state index contributed by atoms with van der Waals surface area (Å²) < 4.78 is 0. The number of amides is 1.